The molecule has 0 saturated heterocycles. The van der Waals surface area contributed by atoms with E-state index in [4.69, 9.17) is 14.6 Å². The van der Waals surface area contributed by atoms with E-state index in [0.29, 0.717) is 5.69 Å². The minimum absolute atomic E-state index is 0.0359. The fourth-order valence-electron chi connectivity index (χ4n) is 2.28. The molecule has 0 aliphatic heterocycles. The molecule has 2 rings (SSSR count). The van der Waals surface area contributed by atoms with Crippen LogP contribution in [0.4, 0.5) is 0 Å². The van der Waals surface area contributed by atoms with Gasteiger partial charge in [0.1, 0.15) is 6.10 Å². The SMILES string of the molecule is COC1CCCC(Oc2ncc(C(=O)O)c(C)n2)C1. The fourth-order valence-corrected chi connectivity index (χ4v) is 2.28. The first kappa shape index (κ1) is 13.7. The van der Waals surface area contributed by atoms with Crippen molar-refractivity contribution in [1.29, 1.82) is 0 Å². The van der Waals surface area contributed by atoms with Crippen molar-refractivity contribution in [3.63, 3.8) is 0 Å². The molecule has 6 heteroatoms. The van der Waals surface area contributed by atoms with E-state index in [1.54, 1.807) is 14.0 Å². The zero-order valence-electron chi connectivity index (χ0n) is 11.1. The second-order valence-electron chi connectivity index (χ2n) is 4.72. The lowest BCUT2D eigenvalue weighted by Gasteiger charge is -2.27. The third-order valence-electron chi connectivity index (χ3n) is 3.37. The van der Waals surface area contributed by atoms with Crippen molar-refractivity contribution >= 4 is 5.97 Å². The normalized spacial score (nSPS) is 23.1. The zero-order valence-corrected chi connectivity index (χ0v) is 11.1. The average molecular weight is 266 g/mol. The number of rotatable bonds is 4. The van der Waals surface area contributed by atoms with Gasteiger partial charge in [0.2, 0.25) is 0 Å². The summed E-state index contributed by atoms with van der Waals surface area (Å²) in [4.78, 5) is 18.9. The van der Waals surface area contributed by atoms with Gasteiger partial charge < -0.3 is 14.6 Å². The molecule has 6 nitrogen and oxygen atoms in total. The van der Waals surface area contributed by atoms with Crippen LogP contribution in [0.2, 0.25) is 0 Å². The lowest BCUT2D eigenvalue weighted by Crippen LogP contribution is -2.30. The molecular weight excluding hydrogens is 248 g/mol. The second-order valence-corrected chi connectivity index (χ2v) is 4.72. The van der Waals surface area contributed by atoms with E-state index in [1.807, 2.05) is 0 Å². The van der Waals surface area contributed by atoms with E-state index >= 15 is 0 Å². The number of methoxy groups -OCH3 is 1. The number of carbonyl (C=O) groups is 1. The minimum atomic E-state index is -1.03. The smallest absolute Gasteiger partial charge is 0.339 e. The van der Waals surface area contributed by atoms with E-state index in [2.05, 4.69) is 9.97 Å². The number of aryl methyl sites for hydroxylation is 1. The molecule has 104 valence electrons. The van der Waals surface area contributed by atoms with Gasteiger partial charge in [0.05, 0.1) is 17.4 Å². The molecule has 0 spiro atoms. The first-order valence-corrected chi connectivity index (χ1v) is 6.36. The summed E-state index contributed by atoms with van der Waals surface area (Å²) >= 11 is 0. The summed E-state index contributed by atoms with van der Waals surface area (Å²) in [5, 5.41) is 8.91. The fraction of sp³-hybridized carbons (Fsp3) is 0.615. The molecule has 0 aromatic carbocycles. The van der Waals surface area contributed by atoms with Gasteiger partial charge in [-0.15, -0.1) is 0 Å². The number of aromatic nitrogens is 2. The van der Waals surface area contributed by atoms with E-state index in [1.165, 1.54) is 6.20 Å². The van der Waals surface area contributed by atoms with Crippen LogP contribution in [-0.2, 0) is 4.74 Å². The van der Waals surface area contributed by atoms with Crippen LogP contribution in [0.25, 0.3) is 0 Å². The topological polar surface area (TPSA) is 81.5 Å². The van der Waals surface area contributed by atoms with Crippen molar-refractivity contribution in [2.75, 3.05) is 7.11 Å². The Kier molecular flexibility index (Phi) is 4.31. The highest BCUT2D eigenvalue weighted by atomic mass is 16.5. The molecule has 1 aromatic rings. The largest absolute Gasteiger partial charge is 0.478 e. The van der Waals surface area contributed by atoms with E-state index < -0.39 is 5.97 Å². The van der Waals surface area contributed by atoms with Gasteiger partial charge in [-0.2, -0.15) is 4.98 Å². The highest BCUT2D eigenvalue weighted by Gasteiger charge is 2.24. The Morgan fingerprint density at radius 2 is 2.16 bits per heavy atom. The van der Waals surface area contributed by atoms with Crippen LogP contribution >= 0.6 is 0 Å². The van der Waals surface area contributed by atoms with Gasteiger partial charge in [0.25, 0.3) is 0 Å². The number of aromatic carboxylic acids is 1. The summed E-state index contributed by atoms with van der Waals surface area (Å²) in [6.45, 7) is 1.64. The number of carboxylic acids is 1. The van der Waals surface area contributed by atoms with Gasteiger partial charge in [-0.05, 0) is 26.2 Å². The molecular formula is C13H18N2O4. The standard InChI is InChI=1S/C13H18N2O4/c1-8-11(12(16)17)7-14-13(15-8)19-10-5-3-4-9(6-10)18-2/h7,9-10H,3-6H2,1-2H3,(H,16,17). The summed E-state index contributed by atoms with van der Waals surface area (Å²) in [5.41, 5.74) is 0.516. The Labute approximate surface area is 111 Å². The monoisotopic (exact) mass is 266 g/mol. The molecule has 1 aliphatic carbocycles. The van der Waals surface area contributed by atoms with Crippen LogP contribution in [-0.4, -0.2) is 40.4 Å². The van der Waals surface area contributed by atoms with Crippen LogP contribution in [0.5, 0.6) is 6.01 Å². The molecule has 0 amide bonds. The summed E-state index contributed by atoms with van der Waals surface area (Å²) in [6.07, 6.45) is 5.41. The molecule has 1 aromatic heterocycles. The third kappa shape index (κ3) is 3.41. The maximum absolute atomic E-state index is 10.9. The number of carboxylic acid groups (broad SMARTS) is 1. The average Bonchev–Trinajstić information content (AvgIpc) is 2.38. The third-order valence-corrected chi connectivity index (χ3v) is 3.37. The molecule has 0 bridgehead atoms. The Bertz CT molecular complexity index is 464. The molecule has 2 unspecified atom stereocenters. The Morgan fingerprint density at radius 3 is 2.79 bits per heavy atom. The van der Waals surface area contributed by atoms with Gasteiger partial charge in [0.15, 0.2) is 0 Å². The number of ether oxygens (including phenoxy) is 2. The molecule has 1 saturated carbocycles. The lowest BCUT2D eigenvalue weighted by molar-refractivity contribution is 0.0178. The summed E-state index contributed by atoms with van der Waals surface area (Å²) in [7, 11) is 1.70. The maximum atomic E-state index is 10.9. The number of hydrogen-bond donors (Lipinski definition) is 1. The molecule has 2 atom stereocenters. The van der Waals surface area contributed by atoms with Gasteiger partial charge >= 0.3 is 12.0 Å². The van der Waals surface area contributed by atoms with Crippen LogP contribution in [0, 0.1) is 6.92 Å². The molecule has 1 fully saturated rings. The Hall–Kier alpha value is -1.69. The van der Waals surface area contributed by atoms with Gasteiger partial charge in [-0.3, -0.25) is 0 Å². The first-order valence-electron chi connectivity index (χ1n) is 6.36. The van der Waals surface area contributed by atoms with Gasteiger partial charge in [0, 0.05) is 19.7 Å². The maximum Gasteiger partial charge on any atom is 0.339 e. The second kappa shape index (κ2) is 5.97. The predicted octanol–water partition coefficient (Wildman–Crippen LogP) is 1.82. The Morgan fingerprint density at radius 1 is 1.42 bits per heavy atom. The molecule has 1 N–H and O–H groups in total. The summed E-state index contributed by atoms with van der Waals surface area (Å²) in [6, 6.07) is 0.240. The van der Waals surface area contributed by atoms with Crippen LogP contribution in [0.15, 0.2) is 6.20 Å². The number of nitrogens with zero attached hydrogens (tertiary/aromatic N) is 2. The summed E-state index contributed by atoms with van der Waals surface area (Å²) in [5.74, 6) is -1.03. The van der Waals surface area contributed by atoms with E-state index in [0.717, 1.165) is 25.7 Å². The summed E-state index contributed by atoms with van der Waals surface area (Å²) < 4.78 is 11.0. The van der Waals surface area contributed by atoms with E-state index in [-0.39, 0.29) is 23.8 Å². The first-order chi connectivity index (χ1) is 9.10. The van der Waals surface area contributed by atoms with Crippen molar-refractivity contribution in [3.05, 3.63) is 17.5 Å². The van der Waals surface area contributed by atoms with Crippen molar-refractivity contribution < 1.29 is 19.4 Å². The highest BCUT2D eigenvalue weighted by Crippen LogP contribution is 2.24. The Balaban J connectivity index is 2.03. The highest BCUT2D eigenvalue weighted by molar-refractivity contribution is 5.88. The van der Waals surface area contributed by atoms with Crippen LogP contribution in [0.3, 0.4) is 0 Å². The predicted molar refractivity (Wildman–Crippen MR) is 67.4 cm³/mol. The lowest BCUT2D eigenvalue weighted by atomic mass is 9.95. The zero-order chi connectivity index (χ0) is 13.8. The quantitative estimate of drug-likeness (QED) is 0.895. The van der Waals surface area contributed by atoms with Crippen molar-refractivity contribution in [2.24, 2.45) is 0 Å². The number of hydrogen-bond acceptors (Lipinski definition) is 5. The van der Waals surface area contributed by atoms with E-state index in [9.17, 15) is 4.79 Å². The molecule has 1 heterocycles. The molecule has 19 heavy (non-hydrogen) atoms. The van der Waals surface area contributed by atoms with Crippen LogP contribution < -0.4 is 4.74 Å². The molecule has 0 radical (unpaired) electrons. The van der Waals surface area contributed by atoms with Crippen molar-refractivity contribution in [3.8, 4) is 6.01 Å². The van der Waals surface area contributed by atoms with Crippen molar-refractivity contribution in [2.45, 2.75) is 44.8 Å². The van der Waals surface area contributed by atoms with Gasteiger partial charge in [-0.1, -0.05) is 0 Å². The van der Waals surface area contributed by atoms with Crippen molar-refractivity contribution in [1.82, 2.24) is 9.97 Å². The molecule has 1 aliphatic rings. The van der Waals surface area contributed by atoms with Crippen LogP contribution in [0.1, 0.15) is 41.7 Å². The minimum Gasteiger partial charge on any atom is -0.478 e. The van der Waals surface area contributed by atoms with Gasteiger partial charge in [-0.25, -0.2) is 9.78 Å².